The van der Waals surface area contributed by atoms with Gasteiger partial charge in [-0.05, 0) is 55.5 Å². The predicted molar refractivity (Wildman–Crippen MR) is 115 cm³/mol. The Kier molecular flexibility index (Phi) is 6.63. The van der Waals surface area contributed by atoms with Crippen molar-refractivity contribution in [1.82, 2.24) is 4.98 Å². The molecule has 1 saturated heterocycles. The minimum atomic E-state index is -0.377. The van der Waals surface area contributed by atoms with Crippen LogP contribution < -0.4 is 10.6 Å². The van der Waals surface area contributed by atoms with Gasteiger partial charge in [-0.3, -0.25) is 4.79 Å². The molecule has 2 heterocycles. The highest BCUT2D eigenvalue weighted by molar-refractivity contribution is 7.99. The van der Waals surface area contributed by atoms with Crippen molar-refractivity contribution in [3.63, 3.8) is 0 Å². The van der Waals surface area contributed by atoms with Gasteiger partial charge in [0.15, 0.2) is 0 Å². The molecule has 0 atom stereocenters. The van der Waals surface area contributed by atoms with Gasteiger partial charge < -0.3 is 16.0 Å². The van der Waals surface area contributed by atoms with Crippen LogP contribution in [-0.4, -0.2) is 34.2 Å². The zero-order valence-corrected chi connectivity index (χ0v) is 17.1. The maximum absolute atomic E-state index is 12.6. The Morgan fingerprint density at radius 3 is 2.52 bits per heavy atom. The number of aromatic nitrogens is 1. The van der Waals surface area contributed by atoms with Crippen molar-refractivity contribution in [1.29, 1.82) is 5.41 Å². The van der Waals surface area contributed by atoms with Gasteiger partial charge >= 0.3 is 0 Å². The Morgan fingerprint density at radius 2 is 1.89 bits per heavy atom. The number of carbonyl (C=O) groups excluding carboxylic acids is 1. The molecule has 8 heteroatoms. The highest BCUT2D eigenvalue weighted by atomic mass is 35.5. The van der Waals surface area contributed by atoms with Crippen molar-refractivity contribution >= 4 is 58.1 Å². The first-order valence-corrected chi connectivity index (χ1v) is 10.5. The Morgan fingerprint density at radius 1 is 1.22 bits per heavy atom. The van der Waals surface area contributed by atoms with E-state index in [2.05, 4.69) is 15.6 Å². The zero-order valence-electron chi connectivity index (χ0n) is 14.8. The normalized spacial score (nSPS) is 14.6. The molecule has 5 nitrogen and oxygen atoms in total. The third-order valence-electron chi connectivity index (χ3n) is 4.30. The lowest BCUT2D eigenvalue weighted by atomic mass is 10.1. The average Bonchev–Trinajstić information content (AvgIpc) is 2.64. The molecule has 0 aliphatic carbocycles. The molecular formula is C19H20Cl2N4OS. The number of carbonyl (C=O) groups is 1. The SMILES string of the molecule is CC(=N)c1c(NC2CCSCC2)ncc(C(=O)Nc2ccc(Cl)cc2)c1Cl. The summed E-state index contributed by atoms with van der Waals surface area (Å²) in [6.45, 7) is 1.64. The van der Waals surface area contributed by atoms with Gasteiger partial charge in [0.1, 0.15) is 5.82 Å². The van der Waals surface area contributed by atoms with Crippen LogP contribution in [0.1, 0.15) is 35.7 Å². The fourth-order valence-corrected chi connectivity index (χ4v) is 4.46. The first-order valence-electron chi connectivity index (χ1n) is 8.61. The minimum Gasteiger partial charge on any atom is -0.367 e. The van der Waals surface area contributed by atoms with E-state index in [1.807, 2.05) is 11.8 Å². The van der Waals surface area contributed by atoms with Gasteiger partial charge in [-0.25, -0.2) is 4.98 Å². The Bertz CT molecular complexity index is 852. The highest BCUT2D eigenvalue weighted by Crippen LogP contribution is 2.30. The molecule has 1 aliphatic heterocycles. The van der Waals surface area contributed by atoms with E-state index in [4.69, 9.17) is 28.6 Å². The zero-order chi connectivity index (χ0) is 19.4. The van der Waals surface area contributed by atoms with Crippen LogP contribution in [-0.2, 0) is 0 Å². The van der Waals surface area contributed by atoms with Crippen molar-refractivity contribution < 1.29 is 4.79 Å². The van der Waals surface area contributed by atoms with Crippen LogP contribution in [0, 0.1) is 5.41 Å². The van der Waals surface area contributed by atoms with Crippen LogP contribution in [0.2, 0.25) is 10.0 Å². The van der Waals surface area contributed by atoms with Crippen molar-refractivity contribution in [3.8, 4) is 0 Å². The van der Waals surface area contributed by atoms with Crippen molar-refractivity contribution in [3.05, 3.63) is 51.6 Å². The van der Waals surface area contributed by atoms with Gasteiger partial charge in [0, 0.05) is 28.7 Å². The van der Waals surface area contributed by atoms with Gasteiger partial charge in [-0.15, -0.1) is 0 Å². The molecule has 0 radical (unpaired) electrons. The number of pyridine rings is 1. The van der Waals surface area contributed by atoms with Crippen LogP contribution >= 0.6 is 35.0 Å². The fourth-order valence-electron chi connectivity index (χ4n) is 2.87. The molecule has 1 aliphatic rings. The number of nitrogens with one attached hydrogen (secondary N) is 3. The second kappa shape index (κ2) is 8.95. The highest BCUT2D eigenvalue weighted by Gasteiger charge is 2.22. The standard InChI is InChI=1S/C19H20Cl2N4OS/c1-11(22)16-17(21)15(19(26)25-13-4-2-12(20)3-5-13)10-23-18(16)24-14-6-8-27-9-7-14/h2-5,10,14,22H,6-9H2,1H3,(H,23,24)(H,25,26). The maximum atomic E-state index is 12.6. The van der Waals surface area contributed by atoms with Gasteiger partial charge in [0.25, 0.3) is 5.91 Å². The number of nitrogens with zero attached hydrogens (tertiary/aromatic N) is 1. The topological polar surface area (TPSA) is 77.9 Å². The third-order valence-corrected chi connectivity index (χ3v) is 5.99. The van der Waals surface area contributed by atoms with E-state index in [0.717, 1.165) is 24.3 Å². The first kappa shape index (κ1) is 20.0. The fraction of sp³-hybridized carbons (Fsp3) is 0.316. The van der Waals surface area contributed by atoms with Crippen molar-refractivity contribution in [2.24, 2.45) is 0 Å². The van der Waals surface area contributed by atoms with Gasteiger partial charge in [-0.2, -0.15) is 11.8 Å². The number of halogens is 2. The van der Waals surface area contributed by atoms with Gasteiger partial charge in [0.05, 0.1) is 16.1 Å². The van der Waals surface area contributed by atoms with Crippen LogP contribution in [0.15, 0.2) is 30.5 Å². The van der Waals surface area contributed by atoms with E-state index in [1.165, 1.54) is 6.20 Å². The second-order valence-corrected chi connectivity index (χ2v) is 8.37. The molecule has 142 valence electrons. The van der Waals surface area contributed by atoms with E-state index in [0.29, 0.717) is 28.1 Å². The predicted octanol–water partition coefficient (Wildman–Crippen LogP) is 5.34. The quantitative estimate of drug-likeness (QED) is 0.568. The smallest absolute Gasteiger partial charge is 0.258 e. The Balaban J connectivity index is 1.85. The summed E-state index contributed by atoms with van der Waals surface area (Å²) in [6, 6.07) is 7.11. The third kappa shape index (κ3) is 4.94. The van der Waals surface area contributed by atoms with Gasteiger partial charge in [-0.1, -0.05) is 23.2 Å². The van der Waals surface area contributed by atoms with Crippen LogP contribution in [0.3, 0.4) is 0 Å². The summed E-state index contributed by atoms with van der Waals surface area (Å²) in [7, 11) is 0. The summed E-state index contributed by atoms with van der Waals surface area (Å²) in [5.41, 5.74) is 1.58. The minimum absolute atomic E-state index is 0.233. The number of benzene rings is 1. The number of hydrogen-bond acceptors (Lipinski definition) is 5. The summed E-state index contributed by atoms with van der Waals surface area (Å²) in [5, 5.41) is 15.1. The summed E-state index contributed by atoms with van der Waals surface area (Å²) >= 11 is 14.3. The molecular weight excluding hydrogens is 403 g/mol. The van der Waals surface area contributed by atoms with E-state index in [9.17, 15) is 4.79 Å². The van der Waals surface area contributed by atoms with Crippen molar-refractivity contribution in [2.45, 2.75) is 25.8 Å². The van der Waals surface area contributed by atoms with E-state index in [1.54, 1.807) is 31.2 Å². The molecule has 27 heavy (non-hydrogen) atoms. The number of amides is 1. The monoisotopic (exact) mass is 422 g/mol. The molecule has 1 fully saturated rings. The molecule has 3 N–H and O–H groups in total. The Labute approximate surface area is 172 Å². The van der Waals surface area contributed by atoms with Crippen LogP contribution in [0.5, 0.6) is 0 Å². The van der Waals surface area contributed by atoms with E-state index in [-0.39, 0.29) is 22.2 Å². The number of anilines is 2. The molecule has 1 aromatic heterocycles. The molecule has 0 bridgehead atoms. The average molecular weight is 423 g/mol. The maximum Gasteiger partial charge on any atom is 0.258 e. The molecule has 1 aromatic carbocycles. The van der Waals surface area contributed by atoms with E-state index >= 15 is 0 Å². The largest absolute Gasteiger partial charge is 0.367 e. The van der Waals surface area contributed by atoms with Crippen LogP contribution in [0.4, 0.5) is 11.5 Å². The molecule has 1 amide bonds. The number of rotatable bonds is 5. The second-order valence-electron chi connectivity index (χ2n) is 6.33. The molecule has 0 saturated carbocycles. The molecule has 0 unspecified atom stereocenters. The lowest BCUT2D eigenvalue weighted by molar-refractivity contribution is 0.102. The summed E-state index contributed by atoms with van der Waals surface area (Å²) < 4.78 is 0. The summed E-state index contributed by atoms with van der Waals surface area (Å²) in [6.07, 6.45) is 3.54. The summed E-state index contributed by atoms with van der Waals surface area (Å²) in [5.74, 6) is 2.39. The number of hydrogen-bond donors (Lipinski definition) is 3. The summed E-state index contributed by atoms with van der Waals surface area (Å²) in [4.78, 5) is 17.0. The lowest BCUT2D eigenvalue weighted by Crippen LogP contribution is -2.26. The first-order chi connectivity index (χ1) is 13.0. The lowest BCUT2D eigenvalue weighted by Gasteiger charge is -2.24. The van der Waals surface area contributed by atoms with E-state index < -0.39 is 0 Å². The molecule has 0 spiro atoms. The molecule has 2 aromatic rings. The molecule has 3 rings (SSSR count). The van der Waals surface area contributed by atoms with Crippen molar-refractivity contribution in [2.75, 3.05) is 22.1 Å². The Hall–Kier alpha value is -1.76. The van der Waals surface area contributed by atoms with Crippen LogP contribution in [0.25, 0.3) is 0 Å². The number of thioether (sulfide) groups is 1. The van der Waals surface area contributed by atoms with Gasteiger partial charge in [0.2, 0.25) is 0 Å².